The Morgan fingerprint density at radius 3 is 2.76 bits per heavy atom. The maximum atomic E-state index is 11.9. The van der Waals surface area contributed by atoms with Gasteiger partial charge in [-0.2, -0.15) is 9.40 Å². The molecule has 1 amide bonds. The number of hydrogen-bond acceptors (Lipinski definition) is 4. The largest absolute Gasteiger partial charge is 0.347 e. The van der Waals surface area contributed by atoms with Crippen LogP contribution in [-0.2, 0) is 34.5 Å². The fraction of sp³-hybridized carbons (Fsp3) is 0.294. The predicted molar refractivity (Wildman–Crippen MR) is 94.8 cm³/mol. The van der Waals surface area contributed by atoms with E-state index >= 15 is 0 Å². The SMILES string of the molecule is CS(=O)(=O)N1CCn2nc(CNC(=O)C=Cc3ccccc3)cc2C1. The van der Waals surface area contributed by atoms with Crippen molar-refractivity contribution in [3.8, 4) is 0 Å². The lowest BCUT2D eigenvalue weighted by molar-refractivity contribution is -0.116. The van der Waals surface area contributed by atoms with Crippen LogP contribution in [-0.4, -0.2) is 41.2 Å². The Morgan fingerprint density at radius 1 is 1.28 bits per heavy atom. The van der Waals surface area contributed by atoms with E-state index in [1.807, 2.05) is 36.4 Å². The van der Waals surface area contributed by atoms with Gasteiger partial charge in [0, 0.05) is 12.6 Å². The third-order valence-corrected chi connectivity index (χ3v) is 5.20. The van der Waals surface area contributed by atoms with Crippen LogP contribution in [0.4, 0.5) is 0 Å². The van der Waals surface area contributed by atoms with E-state index in [-0.39, 0.29) is 5.91 Å². The zero-order chi connectivity index (χ0) is 17.9. The van der Waals surface area contributed by atoms with Crippen LogP contribution in [0.15, 0.2) is 42.5 Å². The standard InChI is InChI=1S/C17H20N4O3S/c1-25(23,24)20-9-10-21-16(13-20)11-15(19-21)12-18-17(22)8-7-14-5-3-2-4-6-14/h2-8,11H,9-10,12-13H2,1H3,(H,18,22). The molecule has 0 fully saturated rings. The topological polar surface area (TPSA) is 84.3 Å². The Morgan fingerprint density at radius 2 is 2.04 bits per heavy atom. The van der Waals surface area contributed by atoms with Gasteiger partial charge in [-0.3, -0.25) is 9.48 Å². The van der Waals surface area contributed by atoms with Crippen molar-refractivity contribution in [2.75, 3.05) is 12.8 Å². The van der Waals surface area contributed by atoms with Gasteiger partial charge in [-0.1, -0.05) is 30.3 Å². The average Bonchev–Trinajstić information content (AvgIpc) is 3.00. The lowest BCUT2D eigenvalue weighted by atomic mass is 10.2. The molecule has 3 rings (SSSR count). The van der Waals surface area contributed by atoms with E-state index in [4.69, 9.17) is 0 Å². The number of hydrogen-bond donors (Lipinski definition) is 1. The van der Waals surface area contributed by atoms with Crippen molar-refractivity contribution in [3.05, 3.63) is 59.4 Å². The Hall–Kier alpha value is -2.45. The van der Waals surface area contributed by atoms with E-state index in [1.54, 1.807) is 10.8 Å². The van der Waals surface area contributed by atoms with Crippen molar-refractivity contribution >= 4 is 22.0 Å². The second kappa shape index (κ2) is 7.20. The number of aromatic nitrogens is 2. The number of rotatable bonds is 5. The first-order valence-corrected chi connectivity index (χ1v) is 9.78. The summed E-state index contributed by atoms with van der Waals surface area (Å²) in [6.07, 6.45) is 4.44. The highest BCUT2D eigenvalue weighted by molar-refractivity contribution is 7.88. The molecule has 0 aliphatic carbocycles. The second-order valence-electron chi connectivity index (χ2n) is 5.91. The Balaban J connectivity index is 1.57. The van der Waals surface area contributed by atoms with Crippen molar-refractivity contribution in [2.24, 2.45) is 0 Å². The summed E-state index contributed by atoms with van der Waals surface area (Å²) in [4.78, 5) is 11.9. The van der Waals surface area contributed by atoms with Crippen LogP contribution in [0.2, 0.25) is 0 Å². The second-order valence-corrected chi connectivity index (χ2v) is 7.89. The minimum absolute atomic E-state index is 0.201. The molecule has 7 nitrogen and oxygen atoms in total. The zero-order valence-corrected chi connectivity index (χ0v) is 14.7. The molecule has 2 aromatic rings. The molecule has 0 bridgehead atoms. The zero-order valence-electron chi connectivity index (χ0n) is 13.9. The fourth-order valence-corrected chi connectivity index (χ4v) is 3.42. The molecule has 0 saturated heterocycles. The van der Waals surface area contributed by atoms with E-state index in [9.17, 15) is 13.2 Å². The molecule has 2 heterocycles. The fourth-order valence-electron chi connectivity index (χ4n) is 2.64. The van der Waals surface area contributed by atoms with Gasteiger partial charge in [0.05, 0.1) is 37.3 Å². The third-order valence-electron chi connectivity index (χ3n) is 3.95. The molecule has 1 aromatic carbocycles. The molecule has 25 heavy (non-hydrogen) atoms. The third kappa shape index (κ3) is 4.55. The molecule has 1 aliphatic heterocycles. The van der Waals surface area contributed by atoms with Gasteiger partial charge >= 0.3 is 0 Å². The normalized spacial score (nSPS) is 15.2. The number of carbonyl (C=O) groups excluding carboxylic acids is 1. The smallest absolute Gasteiger partial charge is 0.244 e. The monoisotopic (exact) mass is 360 g/mol. The first kappa shape index (κ1) is 17.4. The van der Waals surface area contributed by atoms with Crippen LogP contribution >= 0.6 is 0 Å². The lowest BCUT2D eigenvalue weighted by Crippen LogP contribution is -2.37. The van der Waals surface area contributed by atoms with Crippen molar-refractivity contribution in [2.45, 2.75) is 19.6 Å². The van der Waals surface area contributed by atoms with Gasteiger partial charge in [0.2, 0.25) is 15.9 Å². The summed E-state index contributed by atoms with van der Waals surface area (Å²) >= 11 is 0. The number of benzene rings is 1. The number of nitrogens with zero attached hydrogens (tertiary/aromatic N) is 3. The van der Waals surface area contributed by atoms with E-state index in [0.717, 1.165) is 11.3 Å². The van der Waals surface area contributed by atoms with Gasteiger partial charge in [-0.25, -0.2) is 8.42 Å². The van der Waals surface area contributed by atoms with Crippen LogP contribution in [0.3, 0.4) is 0 Å². The molecule has 0 unspecified atom stereocenters. The minimum atomic E-state index is -3.21. The van der Waals surface area contributed by atoms with Gasteiger partial charge in [0.1, 0.15) is 0 Å². The molecule has 8 heteroatoms. The van der Waals surface area contributed by atoms with Crippen LogP contribution in [0.5, 0.6) is 0 Å². The molecular weight excluding hydrogens is 340 g/mol. The van der Waals surface area contributed by atoms with Crippen LogP contribution < -0.4 is 5.32 Å². The molecule has 1 aliphatic rings. The summed E-state index contributed by atoms with van der Waals surface area (Å²) in [5.74, 6) is -0.201. The highest BCUT2D eigenvalue weighted by Crippen LogP contribution is 2.16. The Kier molecular flexibility index (Phi) is 5.00. The van der Waals surface area contributed by atoms with E-state index in [0.29, 0.717) is 31.9 Å². The molecule has 0 spiro atoms. The van der Waals surface area contributed by atoms with Crippen molar-refractivity contribution in [3.63, 3.8) is 0 Å². The van der Waals surface area contributed by atoms with Gasteiger partial charge in [0.15, 0.2) is 0 Å². The predicted octanol–water partition coefficient (Wildman–Crippen LogP) is 0.988. The molecule has 132 valence electrons. The number of nitrogens with one attached hydrogen (secondary N) is 1. The maximum Gasteiger partial charge on any atom is 0.244 e. The first-order valence-electron chi connectivity index (χ1n) is 7.93. The number of amides is 1. The van der Waals surface area contributed by atoms with Gasteiger partial charge < -0.3 is 5.32 Å². The minimum Gasteiger partial charge on any atom is -0.347 e. The van der Waals surface area contributed by atoms with E-state index < -0.39 is 10.0 Å². The van der Waals surface area contributed by atoms with Crippen LogP contribution in [0.1, 0.15) is 17.0 Å². The Labute approximate surface area is 147 Å². The summed E-state index contributed by atoms with van der Waals surface area (Å²) in [5.41, 5.74) is 2.50. The number of sulfonamides is 1. The van der Waals surface area contributed by atoms with Crippen molar-refractivity contribution in [1.29, 1.82) is 0 Å². The van der Waals surface area contributed by atoms with Crippen molar-refractivity contribution in [1.82, 2.24) is 19.4 Å². The molecule has 0 radical (unpaired) electrons. The summed E-state index contributed by atoms with van der Waals surface area (Å²) in [7, 11) is -3.21. The van der Waals surface area contributed by atoms with Crippen LogP contribution in [0.25, 0.3) is 6.08 Å². The summed E-state index contributed by atoms with van der Waals surface area (Å²) < 4.78 is 26.5. The molecule has 1 N–H and O–H groups in total. The maximum absolute atomic E-state index is 11.9. The summed E-state index contributed by atoms with van der Waals surface area (Å²) in [5, 5.41) is 7.20. The molecule has 0 atom stereocenters. The number of carbonyl (C=O) groups is 1. The van der Waals surface area contributed by atoms with Gasteiger partial charge in [0.25, 0.3) is 0 Å². The lowest BCUT2D eigenvalue weighted by Gasteiger charge is -2.25. The summed E-state index contributed by atoms with van der Waals surface area (Å²) in [6.45, 7) is 1.55. The highest BCUT2D eigenvalue weighted by atomic mass is 32.2. The quantitative estimate of drug-likeness (QED) is 0.806. The number of fused-ring (bicyclic) bond motifs is 1. The molecule has 0 saturated carbocycles. The van der Waals surface area contributed by atoms with E-state index in [1.165, 1.54) is 16.6 Å². The van der Waals surface area contributed by atoms with E-state index in [2.05, 4.69) is 10.4 Å². The summed E-state index contributed by atoms with van der Waals surface area (Å²) in [6, 6.07) is 11.4. The van der Waals surface area contributed by atoms with Crippen molar-refractivity contribution < 1.29 is 13.2 Å². The van der Waals surface area contributed by atoms with Gasteiger partial charge in [-0.05, 0) is 17.7 Å². The first-order chi connectivity index (χ1) is 11.9. The molecule has 1 aromatic heterocycles. The Bertz CT molecular complexity index is 888. The van der Waals surface area contributed by atoms with Gasteiger partial charge in [-0.15, -0.1) is 0 Å². The molecular formula is C17H20N4O3S. The highest BCUT2D eigenvalue weighted by Gasteiger charge is 2.24. The van der Waals surface area contributed by atoms with Crippen LogP contribution in [0, 0.1) is 0 Å². The average molecular weight is 360 g/mol.